The minimum Gasteiger partial charge on any atom is -0.383 e. The van der Waals surface area contributed by atoms with E-state index >= 15 is 0 Å². The first-order valence-corrected chi connectivity index (χ1v) is 11.0. The SMILES string of the molecule is CC1CCN(CCC(=O)N2CCCC[C@@H]2c2cc(C(F)(F)F)c3c(N)[nH]nc3n2)CC1. The number of H-pyrrole nitrogens is 1. The lowest BCUT2D eigenvalue weighted by Gasteiger charge is -2.36. The average molecular weight is 438 g/mol. The van der Waals surface area contributed by atoms with E-state index in [-0.39, 0.29) is 28.5 Å². The fraction of sp³-hybridized carbons (Fsp3) is 0.667. The summed E-state index contributed by atoms with van der Waals surface area (Å²) < 4.78 is 41.2. The molecule has 0 saturated carbocycles. The maximum Gasteiger partial charge on any atom is 0.417 e. The summed E-state index contributed by atoms with van der Waals surface area (Å²) in [6.07, 6.45) is 0.310. The summed E-state index contributed by atoms with van der Waals surface area (Å²) in [5.41, 5.74) is 4.97. The molecule has 170 valence electrons. The van der Waals surface area contributed by atoms with Gasteiger partial charge >= 0.3 is 6.18 Å². The number of hydrogen-bond acceptors (Lipinski definition) is 5. The van der Waals surface area contributed by atoms with Gasteiger partial charge in [-0.2, -0.15) is 18.3 Å². The second-order valence-corrected chi connectivity index (χ2v) is 8.80. The van der Waals surface area contributed by atoms with Crippen LogP contribution in [0.15, 0.2) is 6.07 Å². The number of nitrogens with two attached hydrogens (primary N) is 1. The number of pyridine rings is 1. The van der Waals surface area contributed by atoms with Crippen LogP contribution in [0.3, 0.4) is 0 Å². The third-order valence-electron chi connectivity index (χ3n) is 6.56. The predicted molar refractivity (Wildman–Crippen MR) is 111 cm³/mol. The number of carbonyl (C=O) groups excluding carboxylic acids is 1. The Kier molecular flexibility index (Phi) is 6.09. The Bertz CT molecular complexity index is 935. The van der Waals surface area contributed by atoms with E-state index in [1.54, 1.807) is 4.90 Å². The molecule has 0 unspecified atom stereocenters. The van der Waals surface area contributed by atoms with Crippen LogP contribution in [0.2, 0.25) is 0 Å². The quantitative estimate of drug-likeness (QED) is 0.759. The highest BCUT2D eigenvalue weighted by Crippen LogP contribution is 2.39. The minimum atomic E-state index is -4.59. The number of carbonyl (C=O) groups is 1. The smallest absolute Gasteiger partial charge is 0.383 e. The lowest BCUT2D eigenvalue weighted by Crippen LogP contribution is -2.41. The standard InChI is InChI=1S/C21H29F3N6O/c1-13-5-9-29(10-6-13)11-7-17(31)30-8-3-2-4-16(30)15-12-14(21(22,23)24)18-19(25)27-28-20(18)26-15/h12-13,16H,2-11H2,1H3,(H3,25,26,27,28)/t16-/m1/s1. The van der Waals surface area contributed by atoms with E-state index in [4.69, 9.17) is 5.73 Å². The number of amides is 1. The fourth-order valence-corrected chi connectivity index (χ4v) is 4.68. The lowest BCUT2D eigenvalue weighted by molar-refractivity contribution is -0.136. The van der Waals surface area contributed by atoms with Gasteiger partial charge in [-0.3, -0.25) is 9.89 Å². The molecule has 2 aromatic heterocycles. The van der Waals surface area contributed by atoms with Crippen LogP contribution in [0.25, 0.3) is 11.0 Å². The topological polar surface area (TPSA) is 91.1 Å². The highest BCUT2D eigenvalue weighted by Gasteiger charge is 2.37. The first-order chi connectivity index (χ1) is 14.7. The molecule has 0 aliphatic carbocycles. The fourth-order valence-electron chi connectivity index (χ4n) is 4.68. The summed E-state index contributed by atoms with van der Waals surface area (Å²) in [4.78, 5) is 21.4. The zero-order valence-electron chi connectivity index (χ0n) is 17.7. The highest BCUT2D eigenvalue weighted by molar-refractivity contribution is 5.90. The van der Waals surface area contributed by atoms with Gasteiger partial charge in [0.15, 0.2) is 5.65 Å². The van der Waals surface area contributed by atoms with E-state index in [1.165, 1.54) is 0 Å². The van der Waals surface area contributed by atoms with Crippen molar-refractivity contribution in [2.24, 2.45) is 5.92 Å². The number of fused-ring (bicyclic) bond motifs is 1. The molecule has 1 amide bonds. The zero-order chi connectivity index (χ0) is 22.2. The van der Waals surface area contributed by atoms with Crippen molar-refractivity contribution in [3.8, 4) is 0 Å². The van der Waals surface area contributed by atoms with Gasteiger partial charge in [-0.1, -0.05) is 6.92 Å². The Labute approximate surface area is 179 Å². The Balaban J connectivity index is 1.56. The van der Waals surface area contributed by atoms with Crippen LogP contribution in [0.4, 0.5) is 19.0 Å². The Morgan fingerprint density at radius 1 is 1.23 bits per heavy atom. The molecule has 2 aliphatic rings. The van der Waals surface area contributed by atoms with Crippen LogP contribution < -0.4 is 5.73 Å². The molecule has 31 heavy (non-hydrogen) atoms. The summed E-state index contributed by atoms with van der Waals surface area (Å²) in [6, 6.07) is 0.558. The van der Waals surface area contributed by atoms with Gasteiger partial charge in [0.2, 0.25) is 5.91 Å². The van der Waals surface area contributed by atoms with Crippen molar-refractivity contribution < 1.29 is 18.0 Å². The number of aromatic amines is 1. The van der Waals surface area contributed by atoms with Crippen molar-refractivity contribution >= 4 is 22.8 Å². The summed E-state index contributed by atoms with van der Waals surface area (Å²) in [5.74, 6) is 0.535. The first-order valence-electron chi connectivity index (χ1n) is 11.0. The summed E-state index contributed by atoms with van der Waals surface area (Å²) in [6.45, 7) is 5.44. The van der Waals surface area contributed by atoms with E-state index in [0.29, 0.717) is 25.9 Å². The largest absolute Gasteiger partial charge is 0.417 e. The van der Waals surface area contributed by atoms with Crippen LogP contribution in [-0.2, 0) is 11.0 Å². The monoisotopic (exact) mass is 438 g/mol. The first kappa shape index (κ1) is 21.9. The molecule has 2 saturated heterocycles. The maximum atomic E-state index is 13.7. The molecule has 4 heterocycles. The number of halogens is 3. The number of aromatic nitrogens is 3. The number of rotatable bonds is 4. The number of nitrogens with zero attached hydrogens (tertiary/aromatic N) is 4. The highest BCUT2D eigenvalue weighted by atomic mass is 19.4. The lowest BCUT2D eigenvalue weighted by atomic mass is 9.96. The van der Waals surface area contributed by atoms with Crippen molar-refractivity contribution in [3.05, 3.63) is 17.3 Å². The Morgan fingerprint density at radius 3 is 2.68 bits per heavy atom. The average Bonchev–Trinajstić information content (AvgIpc) is 3.12. The maximum absolute atomic E-state index is 13.7. The second kappa shape index (κ2) is 8.64. The van der Waals surface area contributed by atoms with E-state index in [2.05, 4.69) is 27.0 Å². The molecule has 0 aromatic carbocycles. The van der Waals surface area contributed by atoms with Crippen LogP contribution >= 0.6 is 0 Å². The van der Waals surface area contributed by atoms with Crippen LogP contribution in [0.1, 0.15) is 62.7 Å². The van der Waals surface area contributed by atoms with E-state index in [0.717, 1.165) is 50.8 Å². The number of likely N-dealkylation sites (tertiary alicyclic amines) is 2. The van der Waals surface area contributed by atoms with Crippen LogP contribution in [0, 0.1) is 5.92 Å². The van der Waals surface area contributed by atoms with Gasteiger partial charge in [0.25, 0.3) is 0 Å². The third kappa shape index (κ3) is 4.63. The van der Waals surface area contributed by atoms with Gasteiger partial charge in [0.1, 0.15) is 5.82 Å². The van der Waals surface area contributed by atoms with E-state index in [9.17, 15) is 18.0 Å². The zero-order valence-corrected chi connectivity index (χ0v) is 17.7. The van der Waals surface area contributed by atoms with Crippen LogP contribution in [-0.4, -0.2) is 57.1 Å². The number of piperidine rings is 2. The van der Waals surface area contributed by atoms with Gasteiger partial charge < -0.3 is 15.5 Å². The van der Waals surface area contributed by atoms with E-state index in [1.807, 2.05) is 0 Å². The van der Waals surface area contributed by atoms with Gasteiger partial charge in [-0.25, -0.2) is 4.98 Å². The Hall–Kier alpha value is -2.36. The number of anilines is 1. The third-order valence-corrected chi connectivity index (χ3v) is 6.56. The number of hydrogen-bond donors (Lipinski definition) is 2. The second-order valence-electron chi connectivity index (χ2n) is 8.80. The molecular weight excluding hydrogens is 409 g/mol. The number of nitrogen functional groups attached to an aromatic ring is 1. The Morgan fingerprint density at radius 2 is 1.97 bits per heavy atom. The number of alkyl halides is 3. The molecule has 2 aromatic rings. The molecule has 3 N–H and O–H groups in total. The van der Waals surface area contributed by atoms with Crippen LogP contribution in [0.5, 0.6) is 0 Å². The van der Waals surface area contributed by atoms with Crippen molar-refractivity contribution in [1.29, 1.82) is 0 Å². The summed E-state index contributed by atoms with van der Waals surface area (Å²) in [7, 11) is 0. The molecule has 7 nitrogen and oxygen atoms in total. The predicted octanol–water partition coefficient (Wildman–Crippen LogP) is 3.73. The molecule has 4 rings (SSSR count). The van der Waals surface area contributed by atoms with E-state index < -0.39 is 17.8 Å². The molecule has 0 radical (unpaired) electrons. The molecule has 1 atom stereocenters. The minimum absolute atomic E-state index is 0.0275. The molecule has 0 bridgehead atoms. The van der Waals surface area contributed by atoms with Gasteiger partial charge in [-0.15, -0.1) is 0 Å². The van der Waals surface area contributed by atoms with Crippen molar-refractivity contribution in [3.63, 3.8) is 0 Å². The molecule has 10 heteroatoms. The van der Waals surface area contributed by atoms with Crippen molar-refractivity contribution in [2.75, 3.05) is 31.9 Å². The molecule has 2 aliphatic heterocycles. The summed E-state index contributed by atoms with van der Waals surface area (Å²) in [5, 5.41) is 6.02. The molecule has 0 spiro atoms. The molecule has 2 fully saturated rings. The van der Waals surface area contributed by atoms with Gasteiger partial charge in [0, 0.05) is 19.5 Å². The normalized spacial score (nSPS) is 21.7. The molecular formula is C21H29F3N6O. The van der Waals surface area contributed by atoms with Crippen molar-refractivity contribution in [2.45, 2.75) is 57.7 Å². The number of nitrogens with one attached hydrogen (secondary N) is 1. The van der Waals surface area contributed by atoms with Gasteiger partial charge in [-0.05, 0) is 57.2 Å². The van der Waals surface area contributed by atoms with Crippen molar-refractivity contribution in [1.82, 2.24) is 25.0 Å². The van der Waals surface area contributed by atoms with Gasteiger partial charge in [0.05, 0.1) is 22.7 Å². The summed E-state index contributed by atoms with van der Waals surface area (Å²) >= 11 is 0.